The Morgan fingerprint density at radius 1 is 1.06 bits per heavy atom. The molecule has 0 spiro atoms. The summed E-state index contributed by atoms with van der Waals surface area (Å²) in [6, 6.07) is 11.7. The molecule has 7 nitrogen and oxygen atoms in total. The number of sulfonamides is 1. The summed E-state index contributed by atoms with van der Waals surface area (Å²) in [4.78, 5) is 27.1. The molecule has 0 aromatic heterocycles. The molecule has 0 bridgehead atoms. The molecular weight excluding hydrogens is 445 g/mol. The van der Waals surface area contributed by atoms with Gasteiger partial charge in [-0.05, 0) is 68.5 Å². The third-order valence-electron chi connectivity index (χ3n) is 5.54. The van der Waals surface area contributed by atoms with Gasteiger partial charge >= 0.3 is 0 Å². The average Bonchev–Trinajstić information content (AvgIpc) is 3.60. The molecule has 2 amide bonds. The number of hydrogen-bond acceptors (Lipinski definition) is 4. The lowest BCUT2D eigenvalue weighted by atomic mass is 10.1. The van der Waals surface area contributed by atoms with Crippen LogP contribution in [-0.4, -0.2) is 43.8 Å². The summed E-state index contributed by atoms with van der Waals surface area (Å²) < 4.78 is 40.5. The van der Waals surface area contributed by atoms with Gasteiger partial charge in [-0.15, -0.1) is 0 Å². The minimum absolute atomic E-state index is 0.0336. The maximum Gasteiger partial charge on any atom is 0.242 e. The maximum absolute atomic E-state index is 13.3. The van der Waals surface area contributed by atoms with Gasteiger partial charge in [0.2, 0.25) is 21.8 Å². The average molecular weight is 476 g/mol. The van der Waals surface area contributed by atoms with Crippen LogP contribution < -0.4 is 10.0 Å². The largest absolute Gasteiger partial charge is 0.355 e. The van der Waals surface area contributed by atoms with Crippen LogP contribution in [0.4, 0.5) is 4.39 Å². The van der Waals surface area contributed by atoms with Crippen molar-refractivity contribution in [1.29, 1.82) is 0 Å². The van der Waals surface area contributed by atoms with Crippen LogP contribution in [0.25, 0.3) is 0 Å². The minimum Gasteiger partial charge on any atom is -0.355 e. The van der Waals surface area contributed by atoms with Crippen LogP contribution in [0.15, 0.2) is 53.4 Å². The van der Waals surface area contributed by atoms with Gasteiger partial charge in [-0.25, -0.2) is 17.5 Å². The predicted octanol–water partition coefficient (Wildman–Crippen LogP) is 2.75. The summed E-state index contributed by atoms with van der Waals surface area (Å²) >= 11 is 0. The van der Waals surface area contributed by atoms with Crippen LogP contribution in [0.5, 0.6) is 0 Å². The molecule has 178 valence electrons. The first-order chi connectivity index (χ1) is 15.7. The minimum atomic E-state index is -3.52. The number of amides is 2. The molecule has 2 aromatic carbocycles. The quantitative estimate of drug-likeness (QED) is 0.522. The van der Waals surface area contributed by atoms with Crippen molar-refractivity contribution in [3.05, 3.63) is 65.5 Å². The third kappa shape index (κ3) is 7.10. The second kappa shape index (κ2) is 10.9. The Bertz CT molecular complexity index is 1070. The molecule has 1 atom stereocenters. The van der Waals surface area contributed by atoms with Crippen molar-refractivity contribution < 1.29 is 22.4 Å². The molecule has 0 radical (unpaired) electrons. The first kappa shape index (κ1) is 24.9. The van der Waals surface area contributed by atoms with Crippen LogP contribution >= 0.6 is 0 Å². The van der Waals surface area contributed by atoms with E-state index < -0.39 is 16.1 Å². The zero-order valence-electron chi connectivity index (χ0n) is 18.9. The fraction of sp³-hybridized carbons (Fsp3) is 0.417. The van der Waals surface area contributed by atoms with E-state index in [1.54, 1.807) is 38.1 Å². The van der Waals surface area contributed by atoms with Gasteiger partial charge in [0, 0.05) is 25.6 Å². The lowest BCUT2D eigenvalue weighted by Crippen LogP contribution is -2.47. The Labute approximate surface area is 194 Å². The van der Waals surface area contributed by atoms with Crippen LogP contribution in [0.3, 0.4) is 0 Å². The van der Waals surface area contributed by atoms with Crippen molar-refractivity contribution in [2.75, 3.05) is 6.54 Å². The molecule has 2 N–H and O–H groups in total. The second-order valence-electron chi connectivity index (χ2n) is 8.26. The Balaban J connectivity index is 1.66. The number of carbonyl (C=O) groups is 2. The molecule has 1 fully saturated rings. The summed E-state index contributed by atoms with van der Waals surface area (Å²) in [5.41, 5.74) is 1.54. The molecule has 0 heterocycles. The normalized spacial score (nSPS) is 14.5. The van der Waals surface area contributed by atoms with Crippen molar-refractivity contribution in [2.45, 2.75) is 63.1 Å². The Morgan fingerprint density at radius 2 is 1.67 bits per heavy atom. The van der Waals surface area contributed by atoms with E-state index in [1.807, 2.05) is 0 Å². The van der Waals surface area contributed by atoms with E-state index in [4.69, 9.17) is 0 Å². The van der Waals surface area contributed by atoms with Gasteiger partial charge in [0.05, 0.1) is 4.90 Å². The zero-order chi connectivity index (χ0) is 24.0. The number of halogens is 1. The second-order valence-corrected chi connectivity index (χ2v) is 9.97. The molecule has 1 saturated carbocycles. The topological polar surface area (TPSA) is 95.6 Å². The van der Waals surface area contributed by atoms with Crippen LogP contribution in [0.1, 0.15) is 44.2 Å². The van der Waals surface area contributed by atoms with Gasteiger partial charge in [-0.1, -0.05) is 24.3 Å². The van der Waals surface area contributed by atoms with Gasteiger partial charge in [0.25, 0.3) is 0 Å². The first-order valence-electron chi connectivity index (χ1n) is 11.1. The highest BCUT2D eigenvalue weighted by atomic mass is 32.2. The van der Waals surface area contributed by atoms with Crippen LogP contribution in [0, 0.1) is 5.82 Å². The van der Waals surface area contributed by atoms with Gasteiger partial charge in [-0.3, -0.25) is 9.59 Å². The maximum atomic E-state index is 13.3. The summed E-state index contributed by atoms with van der Waals surface area (Å²) in [5.74, 6) is -0.845. The molecule has 0 unspecified atom stereocenters. The summed E-state index contributed by atoms with van der Waals surface area (Å²) in [7, 11) is -3.52. The number of aryl methyl sites for hydroxylation is 1. The number of carbonyl (C=O) groups excluding carboxylic acids is 2. The fourth-order valence-corrected chi connectivity index (χ4v) is 4.71. The number of hydrogen-bond donors (Lipinski definition) is 2. The Hall–Kier alpha value is -2.78. The van der Waals surface area contributed by atoms with E-state index in [0.29, 0.717) is 13.0 Å². The molecule has 1 aliphatic carbocycles. The number of rotatable bonds is 11. The highest BCUT2D eigenvalue weighted by molar-refractivity contribution is 7.89. The van der Waals surface area contributed by atoms with Crippen molar-refractivity contribution in [2.24, 2.45) is 0 Å². The number of benzene rings is 2. The van der Waals surface area contributed by atoms with Gasteiger partial charge in [-0.2, -0.15) is 0 Å². The lowest BCUT2D eigenvalue weighted by molar-refractivity contribution is -0.140. The molecule has 33 heavy (non-hydrogen) atoms. The Kier molecular flexibility index (Phi) is 8.20. The number of likely N-dealkylation sites (N-methyl/N-ethyl adjacent to an activating group) is 1. The van der Waals surface area contributed by atoms with Crippen molar-refractivity contribution in [3.63, 3.8) is 0 Å². The monoisotopic (exact) mass is 475 g/mol. The smallest absolute Gasteiger partial charge is 0.242 e. The van der Waals surface area contributed by atoms with Crippen LogP contribution in [-0.2, 0) is 32.6 Å². The van der Waals surface area contributed by atoms with Gasteiger partial charge < -0.3 is 10.2 Å². The summed E-state index contributed by atoms with van der Waals surface area (Å²) in [6.45, 7) is 4.10. The molecule has 9 heteroatoms. The van der Waals surface area contributed by atoms with E-state index in [0.717, 1.165) is 24.0 Å². The SMILES string of the molecule is CCNC(=O)[C@@H](C)N(Cc1ccc(F)cc1)C(=O)CCc1ccc(S(=O)(=O)NC2CC2)cc1. The molecular formula is C24H30FN3O4S. The number of nitrogens with one attached hydrogen (secondary N) is 2. The van der Waals surface area contributed by atoms with E-state index in [9.17, 15) is 22.4 Å². The van der Waals surface area contributed by atoms with Crippen molar-refractivity contribution >= 4 is 21.8 Å². The predicted molar refractivity (Wildman–Crippen MR) is 123 cm³/mol. The first-order valence-corrected chi connectivity index (χ1v) is 12.6. The van der Waals surface area contributed by atoms with Gasteiger partial charge in [0.15, 0.2) is 0 Å². The Morgan fingerprint density at radius 3 is 2.24 bits per heavy atom. The molecule has 0 saturated heterocycles. The lowest BCUT2D eigenvalue weighted by Gasteiger charge is -2.28. The van der Waals surface area contributed by atoms with E-state index in [2.05, 4.69) is 10.0 Å². The molecule has 3 rings (SSSR count). The number of nitrogens with zero attached hydrogens (tertiary/aromatic N) is 1. The highest BCUT2D eigenvalue weighted by Gasteiger charge is 2.28. The van der Waals surface area contributed by atoms with E-state index in [-0.39, 0.29) is 41.5 Å². The standard InChI is InChI=1S/C24H30FN3O4S/c1-3-26-24(30)17(2)28(16-19-4-9-20(25)10-5-19)23(29)15-8-18-6-13-22(14-7-18)33(31,32)27-21-11-12-21/h4-7,9-10,13-14,17,21,27H,3,8,11-12,15-16H2,1-2H3,(H,26,30)/t17-/m1/s1. The van der Waals surface area contributed by atoms with Crippen molar-refractivity contribution in [1.82, 2.24) is 14.9 Å². The zero-order valence-corrected chi connectivity index (χ0v) is 19.7. The van der Waals surface area contributed by atoms with E-state index in [1.165, 1.54) is 29.2 Å². The third-order valence-corrected chi connectivity index (χ3v) is 7.08. The fourth-order valence-electron chi connectivity index (χ4n) is 3.41. The van der Waals surface area contributed by atoms with Crippen LogP contribution in [0.2, 0.25) is 0 Å². The summed E-state index contributed by atoms with van der Waals surface area (Å²) in [6.07, 6.45) is 2.28. The highest BCUT2D eigenvalue weighted by Crippen LogP contribution is 2.22. The molecule has 2 aromatic rings. The van der Waals surface area contributed by atoms with Gasteiger partial charge in [0.1, 0.15) is 11.9 Å². The van der Waals surface area contributed by atoms with Crippen molar-refractivity contribution in [3.8, 4) is 0 Å². The molecule has 0 aliphatic heterocycles. The summed E-state index contributed by atoms with van der Waals surface area (Å²) in [5, 5.41) is 2.73. The molecule has 1 aliphatic rings. The van der Waals surface area contributed by atoms with E-state index >= 15 is 0 Å².